The quantitative estimate of drug-likeness (QED) is 0.0689. The number of rotatable bonds is 17. The Morgan fingerprint density at radius 3 is 1.71 bits per heavy atom. The number of ether oxygens (including phenoxy) is 2. The summed E-state index contributed by atoms with van der Waals surface area (Å²) in [6.07, 6.45) is -13.3. The summed E-state index contributed by atoms with van der Waals surface area (Å²) in [7, 11) is -10.2. The van der Waals surface area contributed by atoms with Crippen LogP contribution in [0, 0.1) is 5.82 Å². The molecule has 0 bridgehead atoms. The average molecular weight is 965 g/mol. The van der Waals surface area contributed by atoms with Gasteiger partial charge in [-0.2, -0.15) is 30.7 Å². The molecule has 0 saturated carbocycles. The standard InChI is InChI=1S/C44H41F7N4O9P2/c1-30(35-23-36(43(46,47)48)25-37(24-35)44(49,50)51)64-41-40(34-17-19-38(45)20-18-34)53(21-22-60-41)26-39-52-55(42(56)54(39)65(57,58)61-27-31-11-5-2-6-12-31)66(59,62-28-32-13-7-3-8-14-32)63-29-33-15-9-4-10-16-33/h2-20,23-25,30,40-41H,21-22,26-29H2,1H3,(H,57,58)/t30-,40+,41-/m0/s1. The Kier molecular flexibility index (Phi) is 15.0. The minimum absolute atomic E-state index is 0.0171. The van der Waals surface area contributed by atoms with E-state index in [0.29, 0.717) is 37.6 Å². The van der Waals surface area contributed by atoms with Crippen LogP contribution in [0.3, 0.4) is 0 Å². The monoisotopic (exact) mass is 964 g/mol. The number of nitrogens with zero attached hydrogens (tertiary/aromatic N) is 4. The zero-order chi connectivity index (χ0) is 47.3. The molecule has 0 aliphatic carbocycles. The summed E-state index contributed by atoms with van der Waals surface area (Å²) >= 11 is 0. The molecule has 66 heavy (non-hydrogen) atoms. The second-order valence-corrected chi connectivity index (χ2v) is 18.4. The van der Waals surface area contributed by atoms with Gasteiger partial charge in [0.2, 0.25) is 0 Å². The number of benzene rings is 5. The van der Waals surface area contributed by atoms with Crippen molar-refractivity contribution in [3.05, 3.63) is 195 Å². The third kappa shape index (κ3) is 11.8. The molecule has 22 heteroatoms. The fourth-order valence-electron chi connectivity index (χ4n) is 6.98. The van der Waals surface area contributed by atoms with Crippen molar-refractivity contribution in [2.24, 2.45) is 0 Å². The lowest BCUT2D eigenvalue weighted by molar-refractivity contribution is -0.231. The van der Waals surface area contributed by atoms with Crippen LogP contribution in [0.2, 0.25) is 0 Å². The predicted molar refractivity (Wildman–Crippen MR) is 224 cm³/mol. The topological polar surface area (TPSA) is 144 Å². The van der Waals surface area contributed by atoms with Crippen molar-refractivity contribution in [3.63, 3.8) is 0 Å². The lowest BCUT2D eigenvalue weighted by atomic mass is 10.0. The minimum Gasteiger partial charge on any atom is -0.349 e. The fraction of sp³-hybridized carbons (Fsp3) is 0.273. The van der Waals surface area contributed by atoms with Gasteiger partial charge in [-0.3, -0.25) is 18.5 Å². The molecule has 350 valence electrons. The molecular formula is C44H41F7N4O9P2. The van der Waals surface area contributed by atoms with Gasteiger partial charge in [-0.15, -0.1) is 9.55 Å². The molecule has 0 spiro atoms. The fourth-order valence-corrected chi connectivity index (χ4v) is 9.61. The maximum absolute atomic E-state index is 14.9. The molecule has 1 aromatic heterocycles. The van der Waals surface area contributed by atoms with Gasteiger partial charge in [0, 0.05) is 6.54 Å². The molecule has 1 unspecified atom stereocenters. The van der Waals surface area contributed by atoms with E-state index in [-0.39, 0.29) is 38.0 Å². The first-order valence-electron chi connectivity index (χ1n) is 20.1. The molecule has 0 radical (unpaired) electrons. The van der Waals surface area contributed by atoms with Crippen LogP contribution in [0.25, 0.3) is 0 Å². The maximum Gasteiger partial charge on any atom is 0.460 e. The first-order chi connectivity index (χ1) is 31.3. The van der Waals surface area contributed by atoms with Gasteiger partial charge in [-0.05, 0) is 65.1 Å². The van der Waals surface area contributed by atoms with Crippen molar-refractivity contribution in [1.29, 1.82) is 0 Å². The summed E-state index contributed by atoms with van der Waals surface area (Å²) in [6, 6.07) is 29.7. The number of hydrogen-bond donors (Lipinski definition) is 1. The minimum atomic E-state index is -5.30. The van der Waals surface area contributed by atoms with E-state index >= 15 is 0 Å². The first kappa shape index (κ1) is 48.7. The van der Waals surface area contributed by atoms with Crippen molar-refractivity contribution in [1.82, 2.24) is 18.8 Å². The van der Waals surface area contributed by atoms with Crippen molar-refractivity contribution >= 4 is 15.5 Å². The largest absolute Gasteiger partial charge is 0.460 e. The van der Waals surface area contributed by atoms with Gasteiger partial charge < -0.3 is 14.4 Å². The van der Waals surface area contributed by atoms with Crippen molar-refractivity contribution in [2.45, 2.75) is 64.1 Å². The molecule has 6 aromatic rings. The van der Waals surface area contributed by atoms with E-state index in [1.54, 1.807) is 91.0 Å². The molecular weight excluding hydrogens is 923 g/mol. The van der Waals surface area contributed by atoms with E-state index in [1.807, 2.05) is 0 Å². The summed E-state index contributed by atoms with van der Waals surface area (Å²) in [5.74, 6) is -1.19. The number of aromatic nitrogens is 3. The zero-order valence-corrected chi connectivity index (χ0v) is 36.5. The van der Waals surface area contributed by atoms with Gasteiger partial charge in [-0.1, -0.05) is 103 Å². The molecule has 0 amide bonds. The SMILES string of the molecule is C[C@H](O[C@@H]1OCCN(Cc2nn(P(=O)(OCc3ccccc3)OCc3ccccc3)c(=O)n2P(=O)(O)OCc2ccccc2)[C@@H]1c1ccc(F)cc1)c1cc(C(F)(F)F)cc(C(F)(F)F)c1. The van der Waals surface area contributed by atoms with E-state index in [1.165, 1.54) is 24.0 Å². The molecule has 4 atom stereocenters. The van der Waals surface area contributed by atoms with Gasteiger partial charge in [-0.25, -0.2) is 18.3 Å². The molecule has 1 saturated heterocycles. The highest BCUT2D eigenvalue weighted by Gasteiger charge is 2.43. The Morgan fingerprint density at radius 2 is 1.23 bits per heavy atom. The van der Waals surface area contributed by atoms with E-state index in [4.69, 9.17) is 23.0 Å². The van der Waals surface area contributed by atoms with Crippen LogP contribution in [0.1, 0.15) is 63.8 Å². The Bertz CT molecular complexity index is 2650. The molecule has 1 aliphatic heterocycles. The van der Waals surface area contributed by atoms with Crippen molar-refractivity contribution in [3.8, 4) is 0 Å². The summed E-state index contributed by atoms with van der Waals surface area (Å²) < 4.78 is 157. The number of halogens is 7. The van der Waals surface area contributed by atoms with Crippen LogP contribution >= 0.6 is 15.5 Å². The van der Waals surface area contributed by atoms with Gasteiger partial charge in [0.15, 0.2) is 12.1 Å². The van der Waals surface area contributed by atoms with Crippen molar-refractivity contribution < 1.29 is 67.8 Å². The Hall–Kier alpha value is -5.27. The second kappa shape index (κ2) is 20.3. The lowest BCUT2D eigenvalue weighted by Crippen LogP contribution is -2.46. The number of alkyl halides is 6. The summed E-state index contributed by atoms with van der Waals surface area (Å²) in [5.41, 5.74) is -3.35. The van der Waals surface area contributed by atoms with E-state index < -0.39 is 93.5 Å². The highest BCUT2D eigenvalue weighted by atomic mass is 31.2. The highest BCUT2D eigenvalue weighted by Crippen LogP contribution is 2.52. The summed E-state index contributed by atoms with van der Waals surface area (Å²) in [5, 5.41) is 4.31. The van der Waals surface area contributed by atoms with Gasteiger partial charge >= 0.3 is 33.5 Å². The molecule has 2 heterocycles. The molecule has 13 nitrogen and oxygen atoms in total. The van der Waals surface area contributed by atoms with Crippen LogP contribution < -0.4 is 5.69 Å². The average Bonchev–Trinajstić information content (AvgIpc) is 3.64. The Labute approximate surface area is 373 Å². The molecule has 1 N–H and O–H groups in total. The van der Waals surface area contributed by atoms with Gasteiger partial charge in [0.25, 0.3) is 0 Å². The molecule has 5 aromatic carbocycles. The lowest BCUT2D eigenvalue weighted by Gasteiger charge is -2.41. The molecule has 7 rings (SSSR count). The predicted octanol–water partition coefficient (Wildman–Crippen LogP) is 10.5. The Balaban J connectivity index is 1.30. The third-order valence-corrected chi connectivity index (χ3v) is 13.3. The summed E-state index contributed by atoms with van der Waals surface area (Å²) in [6.45, 7) is -0.872. The number of hydrogen-bond acceptors (Lipinski definition) is 10. The molecule has 1 fully saturated rings. The second-order valence-electron chi connectivity index (χ2n) is 15.0. The maximum atomic E-state index is 14.9. The Morgan fingerprint density at radius 1 is 0.742 bits per heavy atom. The van der Waals surface area contributed by atoms with Crippen LogP contribution in [0.5, 0.6) is 0 Å². The number of morpholine rings is 1. The van der Waals surface area contributed by atoms with E-state index in [2.05, 4.69) is 5.10 Å². The van der Waals surface area contributed by atoms with Crippen LogP contribution in [-0.4, -0.2) is 43.1 Å². The normalized spacial score (nSPS) is 17.7. The van der Waals surface area contributed by atoms with Crippen LogP contribution in [0.4, 0.5) is 30.7 Å². The van der Waals surface area contributed by atoms with Crippen molar-refractivity contribution in [2.75, 3.05) is 13.2 Å². The van der Waals surface area contributed by atoms with Gasteiger partial charge in [0.1, 0.15) is 5.82 Å². The highest BCUT2D eigenvalue weighted by molar-refractivity contribution is 7.52. The smallest absolute Gasteiger partial charge is 0.349 e. The third-order valence-electron chi connectivity index (χ3n) is 10.3. The first-order valence-corrected chi connectivity index (χ1v) is 23.1. The summed E-state index contributed by atoms with van der Waals surface area (Å²) in [4.78, 5) is 27.7. The van der Waals surface area contributed by atoms with Crippen LogP contribution in [-0.2, 0) is 70.9 Å². The van der Waals surface area contributed by atoms with E-state index in [0.717, 1.165) is 12.1 Å². The molecule has 1 aliphatic rings. The van der Waals surface area contributed by atoms with Gasteiger partial charge in [0.05, 0.1) is 56.2 Å². The van der Waals surface area contributed by atoms with Crippen LogP contribution in [0.15, 0.2) is 138 Å². The van der Waals surface area contributed by atoms with E-state index in [9.17, 15) is 49.6 Å². The zero-order valence-electron chi connectivity index (χ0n) is 34.7.